The smallest absolute Gasteiger partial charge is 0.256 e. The van der Waals surface area contributed by atoms with Crippen molar-refractivity contribution < 1.29 is 9.59 Å². The van der Waals surface area contributed by atoms with Gasteiger partial charge in [0.2, 0.25) is 5.91 Å². The summed E-state index contributed by atoms with van der Waals surface area (Å²) in [5.74, 6) is 0.197. The van der Waals surface area contributed by atoms with E-state index in [9.17, 15) is 9.59 Å². The summed E-state index contributed by atoms with van der Waals surface area (Å²) in [7, 11) is 0. The molecule has 0 unspecified atom stereocenters. The van der Waals surface area contributed by atoms with Crippen LogP contribution in [-0.2, 0) is 10.2 Å². The quantitative estimate of drug-likeness (QED) is 0.888. The molecule has 106 valence electrons. The average Bonchev–Trinajstić information content (AvgIpc) is 2.70. The minimum absolute atomic E-state index is 0.0558. The molecule has 0 spiro atoms. The number of anilines is 2. The van der Waals surface area contributed by atoms with Crippen molar-refractivity contribution in [1.29, 1.82) is 0 Å². The lowest BCUT2D eigenvalue weighted by Crippen LogP contribution is -2.27. The topological polar surface area (TPSA) is 71.1 Å². The van der Waals surface area contributed by atoms with Crippen LogP contribution in [0.5, 0.6) is 0 Å². The molecule has 0 bridgehead atoms. The number of pyridine rings is 1. The molecule has 1 aliphatic heterocycles. The van der Waals surface area contributed by atoms with Crippen LogP contribution in [0.4, 0.5) is 11.5 Å². The molecule has 5 heteroatoms. The molecule has 2 N–H and O–H groups in total. The Morgan fingerprint density at radius 2 is 2.05 bits per heavy atom. The highest BCUT2D eigenvalue weighted by molar-refractivity contribution is 6.08. The summed E-state index contributed by atoms with van der Waals surface area (Å²) in [4.78, 5) is 28.2. The van der Waals surface area contributed by atoms with Crippen molar-refractivity contribution in [3.63, 3.8) is 0 Å². The first-order valence-electron chi connectivity index (χ1n) is 6.67. The third-order valence-corrected chi connectivity index (χ3v) is 3.68. The van der Waals surface area contributed by atoms with Crippen LogP contribution in [0.25, 0.3) is 0 Å². The lowest BCUT2D eigenvalue weighted by molar-refractivity contribution is -0.119. The van der Waals surface area contributed by atoms with Crippen molar-refractivity contribution >= 4 is 23.3 Å². The lowest BCUT2D eigenvalue weighted by atomic mass is 9.85. The fourth-order valence-corrected chi connectivity index (χ4v) is 2.34. The van der Waals surface area contributed by atoms with Gasteiger partial charge in [-0.05, 0) is 49.7 Å². The average molecular weight is 281 g/mol. The minimum Gasteiger partial charge on any atom is -0.325 e. The van der Waals surface area contributed by atoms with Gasteiger partial charge in [0, 0.05) is 17.4 Å². The van der Waals surface area contributed by atoms with E-state index in [1.54, 1.807) is 42.6 Å². The number of carbonyl (C=O) groups is 2. The fourth-order valence-electron chi connectivity index (χ4n) is 2.34. The van der Waals surface area contributed by atoms with E-state index in [2.05, 4.69) is 15.6 Å². The molecule has 0 fully saturated rings. The second-order valence-electron chi connectivity index (χ2n) is 5.51. The summed E-state index contributed by atoms with van der Waals surface area (Å²) in [6.45, 7) is 3.68. The van der Waals surface area contributed by atoms with Crippen LogP contribution in [0.2, 0.25) is 0 Å². The van der Waals surface area contributed by atoms with Gasteiger partial charge in [-0.15, -0.1) is 0 Å². The van der Waals surface area contributed by atoms with E-state index in [4.69, 9.17) is 0 Å². The van der Waals surface area contributed by atoms with Crippen LogP contribution < -0.4 is 10.6 Å². The maximum absolute atomic E-state index is 12.3. The number of benzene rings is 1. The molecule has 2 aromatic rings. The normalized spacial score (nSPS) is 15.2. The summed E-state index contributed by atoms with van der Waals surface area (Å²) >= 11 is 0. The van der Waals surface area contributed by atoms with Crippen molar-refractivity contribution in [3.05, 3.63) is 53.7 Å². The molecule has 21 heavy (non-hydrogen) atoms. The molecule has 5 nitrogen and oxygen atoms in total. The summed E-state index contributed by atoms with van der Waals surface area (Å²) in [5, 5.41) is 5.55. The third-order valence-electron chi connectivity index (χ3n) is 3.68. The number of rotatable bonds is 2. The fraction of sp³-hybridized carbons (Fsp3) is 0.188. The third kappa shape index (κ3) is 2.27. The number of hydrogen-bond donors (Lipinski definition) is 2. The Bertz CT molecular complexity index is 724. The van der Waals surface area contributed by atoms with E-state index in [1.165, 1.54) is 0 Å². The predicted octanol–water partition coefficient (Wildman–Crippen LogP) is 2.56. The Kier molecular flexibility index (Phi) is 2.97. The SMILES string of the molecule is CC1(C)C(=O)Nc2ccc(C(=O)Nc3ccccn3)cc21. The van der Waals surface area contributed by atoms with Gasteiger partial charge in [-0.2, -0.15) is 0 Å². The first-order valence-corrected chi connectivity index (χ1v) is 6.67. The Labute approximate surface area is 122 Å². The van der Waals surface area contributed by atoms with Gasteiger partial charge in [-0.3, -0.25) is 9.59 Å². The molecule has 0 aliphatic carbocycles. The maximum atomic E-state index is 12.3. The Morgan fingerprint density at radius 1 is 1.24 bits per heavy atom. The van der Waals surface area contributed by atoms with Crippen LogP contribution in [-0.4, -0.2) is 16.8 Å². The van der Waals surface area contributed by atoms with Crippen LogP contribution in [0.1, 0.15) is 29.8 Å². The predicted molar refractivity (Wildman–Crippen MR) is 80.3 cm³/mol. The molecule has 0 radical (unpaired) electrons. The van der Waals surface area contributed by atoms with Gasteiger partial charge in [0.25, 0.3) is 5.91 Å². The van der Waals surface area contributed by atoms with Gasteiger partial charge in [0.15, 0.2) is 0 Å². The lowest BCUT2D eigenvalue weighted by Gasteiger charge is -2.15. The molecule has 2 heterocycles. The minimum atomic E-state index is -0.628. The van der Waals surface area contributed by atoms with Crippen LogP contribution >= 0.6 is 0 Å². The largest absolute Gasteiger partial charge is 0.325 e. The molecule has 0 saturated carbocycles. The number of fused-ring (bicyclic) bond motifs is 1. The molecular formula is C16H15N3O2. The van der Waals surface area contributed by atoms with Crippen molar-refractivity contribution in [2.75, 3.05) is 10.6 Å². The van der Waals surface area contributed by atoms with E-state index in [0.717, 1.165) is 11.3 Å². The van der Waals surface area contributed by atoms with E-state index in [-0.39, 0.29) is 11.8 Å². The summed E-state index contributed by atoms with van der Waals surface area (Å²) in [6.07, 6.45) is 1.62. The number of aromatic nitrogens is 1. The van der Waals surface area contributed by atoms with Crippen molar-refractivity contribution in [3.8, 4) is 0 Å². The second-order valence-corrected chi connectivity index (χ2v) is 5.51. The van der Waals surface area contributed by atoms with E-state index < -0.39 is 5.41 Å². The second kappa shape index (κ2) is 4.70. The standard InChI is InChI=1S/C16H15N3O2/c1-16(2)11-9-10(6-7-12(11)18-15(16)21)14(20)19-13-5-3-4-8-17-13/h3-9H,1-2H3,(H,18,21)(H,17,19,20). The summed E-state index contributed by atoms with van der Waals surface area (Å²) < 4.78 is 0. The number of hydrogen-bond acceptors (Lipinski definition) is 3. The van der Waals surface area contributed by atoms with Crippen LogP contribution in [0.3, 0.4) is 0 Å². The zero-order valence-corrected chi connectivity index (χ0v) is 11.8. The van der Waals surface area contributed by atoms with Crippen LogP contribution in [0, 0.1) is 0 Å². The number of nitrogens with zero attached hydrogens (tertiary/aromatic N) is 1. The molecule has 0 atom stereocenters. The van der Waals surface area contributed by atoms with E-state index in [0.29, 0.717) is 11.4 Å². The molecule has 1 aliphatic rings. The first-order chi connectivity index (χ1) is 9.98. The van der Waals surface area contributed by atoms with Gasteiger partial charge in [-0.25, -0.2) is 4.98 Å². The molecule has 0 saturated heterocycles. The molecule has 1 aromatic carbocycles. The molecular weight excluding hydrogens is 266 g/mol. The van der Waals surface area contributed by atoms with Crippen molar-refractivity contribution in [2.45, 2.75) is 19.3 Å². The van der Waals surface area contributed by atoms with Crippen molar-refractivity contribution in [1.82, 2.24) is 4.98 Å². The zero-order chi connectivity index (χ0) is 15.0. The molecule has 2 amide bonds. The van der Waals surface area contributed by atoms with E-state index in [1.807, 2.05) is 13.8 Å². The number of nitrogens with one attached hydrogen (secondary N) is 2. The Hall–Kier alpha value is -2.69. The maximum Gasteiger partial charge on any atom is 0.256 e. The highest BCUT2D eigenvalue weighted by Gasteiger charge is 2.38. The van der Waals surface area contributed by atoms with Crippen LogP contribution in [0.15, 0.2) is 42.6 Å². The van der Waals surface area contributed by atoms with Gasteiger partial charge in [0.1, 0.15) is 5.82 Å². The summed E-state index contributed by atoms with van der Waals surface area (Å²) in [5.41, 5.74) is 1.47. The van der Waals surface area contributed by atoms with Crippen molar-refractivity contribution in [2.24, 2.45) is 0 Å². The monoisotopic (exact) mass is 281 g/mol. The van der Waals surface area contributed by atoms with Gasteiger partial charge >= 0.3 is 0 Å². The van der Waals surface area contributed by atoms with Gasteiger partial charge in [-0.1, -0.05) is 6.07 Å². The first kappa shape index (κ1) is 13.3. The highest BCUT2D eigenvalue weighted by Crippen LogP contribution is 2.37. The molecule has 3 rings (SSSR count). The Morgan fingerprint density at radius 3 is 2.76 bits per heavy atom. The highest BCUT2D eigenvalue weighted by atomic mass is 16.2. The molecule has 1 aromatic heterocycles. The summed E-state index contributed by atoms with van der Waals surface area (Å²) in [6, 6.07) is 10.5. The van der Waals surface area contributed by atoms with Gasteiger partial charge < -0.3 is 10.6 Å². The number of carbonyl (C=O) groups excluding carboxylic acids is 2. The number of amides is 2. The zero-order valence-electron chi connectivity index (χ0n) is 11.8. The van der Waals surface area contributed by atoms with E-state index >= 15 is 0 Å². The van der Waals surface area contributed by atoms with Gasteiger partial charge in [0.05, 0.1) is 5.41 Å². The Balaban J connectivity index is 1.90.